The van der Waals surface area contributed by atoms with Crippen LogP contribution in [-0.2, 0) is 4.74 Å². The zero-order valence-electron chi connectivity index (χ0n) is 19.1. The van der Waals surface area contributed by atoms with Crippen LogP contribution >= 0.6 is 0 Å². The Morgan fingerprint density at radius 1 is 1.06 bits per heavy atom. The molecule has 2 aromatic carbocycles. The number of unbranched alkanes of at least 4 members (excludes halogenated alkanes) is 1. The number of rotatable bonds is 8. The maximum atomic E-state index is 13.6. The highest BCUT2D eigenvalue weighted by molar-refractivity contribution is 5.99. The first-order valence-electron chi connectivity index (χ1n) is 11.1. The Morgan fingerprint density at radius 2 is 1.81 bits per heavy atom. The summed E-state index contributed by atoms with van der Waals surface area (Å²) in [7, 11) is 1.59. The molecule has 0 N–H and O–H groups in total. The van der Waals surface area contributed by atoms with Crippen LogP contribution in [0.25, 0.3) is 11.0 Å². The molecule has 0 saturated carbocycles. The van der Waals surface area contributed by atoms with Gasteiger partial charge in [0, 0.05) is 13.7 Å². The van der Waals surface area contributed by atoms with Gasteiger partial charge in [0.1, 0.15) is 11.3 Å². The number of fused-ring (bicyclic) bond motifs is 2. The molecule has 0 aliphatic carbocycles. The fourth-order valence-corrected chi connectivity index (χ4v) is 4.32. The van der Waals surface area contributed by atoms with Gasteiger partial charge in [-0.25, -0.2) is 0 Å². The van der Waals surface area contributed by atoms with Crippen LogP contribution in [0.1, 0.15) is 58.6 Å². The molecular formula is C26H29NO5. The lowest BCUT2D eigenvalue weighted by molar-refractivity contribution is 0.0663. The fourth-order valence-electron chi connectivity index (χ4n) is 4.32. The summed E-state index contributed by atoms with van der Waals surface area (Å²) in [5, 5.41) is 0.507. The number of hydrogen-bond acceptors (Lipinski definition) is 5. The fraction of sp³-hybridized carbons (Fsp3) is 0.385. The molecule has 1 amide bonds. The van der Waals surface area contributed by atoms with E-state index in [9.17, 15) is 9.59 Å². The summed E-state index contributed by atoms with van der Waals surface area (Å²) in [5.74, 6) is 0.607. The van der Waals surface area contributed by atoms with Crippen LogP contribution in [-0.4, -0.2) is 37.7 Å². The highest BCUT2D eigenvalue weighted by Crippen LogP contribution is 2.39. The summed E-state index contributed by atoms with van der Waals surface area (Å²) in [6.07, 6.45) is 2.06. The van der Waals surface area contributed by atoms with Crippen molar-refractivity contribution >= 4 is 16.9 Å². The summed E-state index contributed by atoms with van der Waals surface area (Å²) < 4.78 is 17.1. The molecule has 168 valence electrons. The average Bonchev–Trinajstić information content (AvgIpc) is 3.06. The van der Waals surface area contributed by atoms with Gasteiger partial charge < -0.3 is 18.8 Å². The number of nitrogens with zero attached hydrogens (tertiary/aromatic N) is 1. The summed E-state index contributed by atoms with van der Waals surface area (Å²) >= 11 is 0. The van der Waals surface area contributed by atoms with Crippen LogP contribution in [0.5, 0.6) is 5.75 Å². The molecule has 0 saturated heterocycles. The number of hydrogen-bond donors (Lipinski definition) is 0. The molecule has 1 atom stereocenters. The van der Waals surface area contributed by atoms with Crippen molar-refractivity contribution in [1.29, 1.82) is 0 Å². The molecule has 4 rings (SSSR count). The van der Waals surface area contributed by atoms with Gasteiger partial charge in [-0.05, 0) is 55.2 Å². The Morgan fingerprint density at radius 3 is 2.50 bits per heavy atom. The van der Waals surface area contributed by atoms with Crippen LogP contribution in [0.4, 0.5) is 0 Å². The highest BCUT2D eigenvalue weighted by atomic mass is 16.5. The standard InChI is InChI=1S/C26H29NO5/c1-5-6-12-31-19-9-7-18(8-10-19)22-21-23(28)20-15-16(2)14-17(3)24(20)32-25(21)26(29)27(22)11-13-30-4/h7-10,14-15,22H,5-6,11-13H2,1-4H3. The van der Waals surface area contributed by atoms with Gasteiger partial charge in [-0.1, -0.05) is 31.5 Å². The molecule has 6 heteroatoms. The van der Waals surface area contributed by atoms with Crippen LogP contribution in [0.2, 0.25) is 0 Å². The first-order valence-corrected chi connectivity index (χ1v) is 11.1. The van der Waals surface area contributed by atoms with Crippen LogP contribution < -0.4 is 10.2 Å². The van der Waals surface area contributed by atoms with Gasteiger partial charge in [0.05, 0.1) is 30.2 Å². The number of carbonyl (C=O) groups is 1. The van der Waals surface area contributed by atoms with Gasteiger partial charge in [-0.15, -0.1) is 0 Å². The number of carbonyl (C=O) groups excluding carboxylic acids is 1. The normalized spacial score (nSPS) is 15.4. The predicted octanol–water partition coefficient (Wildman–Crippen LogP) is 4.78. The van der Waals surface area contributed by atoms with E-state index in [0.717, 1.165) is 35.3 Å². The Labute approximate surface area is 187 Å². The third kappa shape index (κ3) is 3.91. The van der Waals surface area contributed by atoms with E-state index in [0.29, 0.717) is 36.3 Å². The van der Waals surface area contributed by atoms with Gasteiger partial charge in [0.25, 0.3) is 5.91 Å². The third-order valence-corrected chi connectivity index (χ3v) is 5.90. The summed E-state index contributed by atoms with van der Waals surface area (Å²) in [5.41, 5.74) is 3.37. The molecule has 3 aromatic rings. The van der Waals surface area contributed by atoms with E-state index in [1.807, 2.05) is 50.2 Å². The van der Waals surface area contributed by atoms with Crippen molar-refractivity contribution in [2.24, 2.45) is 0 Å². The van der Waals surface area contributed by atoms with E-state index in [4.69, 9.17) is 13.9 Å². The first kappa shape index (κ1) is 22.1. The lowest BCUT2D eigenvalue weighted by Gasteiger charge is -2.25. The number of methoxy groups -OCH3 is 1. The van der Waals surface area contributed by atoms with E-state index in [2.05, 4.69) is 6.92 Å². The highest BCUT2D eigenvalue weighted by Gasteiger charge is 2.42. The quantitative estimate of drug-likeness (QED) is 0.476. The van der Waals surface area contributed by atoms with Crippen LogP contribution in [0.15, 0.2) is 45.6 Å². The lowest BCUT2D eigenvalue weighted by atomic mass is 9.97. The van der Waals surface area contributed by atoms with E-state index in [1.165, 1.54) is 0 Å². The van der Waals surface area contributed by atoms with Crippen molar-refractivity contribution < 1.29 is 18.7 Å². The molecule has 32 heavy (non-hydrogen) atoms. The van der Waals surface area contributed by atoms with E-state index >= 15 is 0 Å². The minimum atomic E-state index is -0.529. The van der Waals surface area contributed by atoms with Crippen molar-refractivity contribution in [3.8, 4) is 5.75 Å². The van der Waals surface area contributed by atoms with E-state index in [1.54, 1.807) is 12.0 Å². The number of ether oxygens (including phenoxy) is 2. The second-order valence-electron chi connectivity index (χ2n) is 8.30. The number of amides is 1. The van der Waals surface area contributed by atoms with Gasteiger partial charge in [0.15, 0.2) is 5.43 Å². The molecule has 2 heterocycles. The van der Waals surface area contributed by atoms with Crippen molar-refractivity contribution in [2.75, 3.05) is 26.9 Å². The van der Waals surface area contributed by atoms with E-state index in [-0.39, 0.29) is 17.1 Å². The molecule has 1 unspecified atom stereocenters. The molecule has 1 aliphatic heterocycles. The summed E-state index contributed by atoms with van der Waals surface area (Å²) in [6, 6.07) is 10.9. The summed E-state index contributed by atoms with van der Waals surface area (Å²) in [6.45, 7) is 7.33. The minimum absolute atomic E-state index is 0.124. The average molecular weight is 436 g/mol. The monoisotopic (exact) mass is 435 g/mol. The van der Waals surface area contributed by atoms with Gasteiger partial charge in [-0.3, -0.25) is 9.59 Å². The molecule has 0 spiro atoms. The smallest absolute Gasteiger partial charge is 0.290 e. The molecule has 6 nitrogen and oxygen atoms in total. The molecule has 0 radical (unpaired) electrons. The van der Waals surface area contributed by atoms with Crippen LogP contribution in [0.3, 0.4) is 0 Å². The van der Waals surface area contributed by atoms with Crippen molar-refractivity contribution in [2.45, 2.75) is 39.7 Å². The Kier molecular flexibility index (Phi) is 6.33. The molecular weight excluding hydrogens is 406 g/mol. The zero-order valence-corrected chi connectivity index (χ0v) is 19.1. The lowest BCUT2D eigenvalue weighted by Crippen LogP contribution is -2.32. The van der Waals surface area contributed by atoms with Crippen molar-refractivity contribution in [3.05, 3.63) is 74.6 Å². The number of benzene rings is 2. The minimum Gasteiger partial charge on any atom is -0.494 e. The van der Waals surface area contributed by atoms with Crippen molar-refractivity contribution in [3.63, 3.8) is 0 Å². The molecule has 1 aromatic heterocycles. The molecule has 1 aliphatic rings. The Hall–Kier alpha value is -3.12. The molecule has 0 fully saturated rings. The SMILES string of the molecule is CCCCOc1ccc(C2c3c(oc4c(C)cc(C)cc4c3=O)C(=O)N2CCOC)cc1. The largest absolute Gasteiger partial charge is 0.494 e. The van der Waals surface area contributed by atoms with Gasteiger partial charge in [0.2, 0.25) is 5.76 Å². The van der Waals surface area contributed by atoms with E-state index < -0.39 is 6.04 Å². The predicted molar refractivity (Wildman–Crippen MR) is 124 cm³/mol. The molecule has 0 bridgehead atoms. The van der Waals surface area contributed by atoms with Gasteiger partial charge >= 0.3 is 0 Å². The Bertz CT molecular complexity index is 1200. The third-order valence-electron chi connectivity index (χ3n) is 5.90. The second kappa shape index (κ2) is 9.17. The first-order chi connectivity index (χ1) is 15.5. The maximum Gasteiger partial charge on any atom is 0.290 e. The van der Waals surface area contributed by atoms with Gasteiger partial charge in [-0.2, -0.15) is 0 Å². The second-order valence-corrected chi connectivity index (χ2v) is 8.30. The maximum absolute atomic E-state index is 13.6. The van der Waals surface area contributed by atoms with Crippen LogP contribution in [0, 0.1) is 13.8 Å². The Balaban J connectivity index is 1.83. The number of aryl methyl sites for hydroxylation is 2. The summed E-state index contributed by atoms with van der Waals surface area (Å²) in [4.78, 5) is 28.6. The van der Waals surface area contributed by atoms with Crippen molar-refractivity contribution in [1.82, 2.24) is 4.90 Å². The zero-order chi connectivity index (χ0) is 22.8. The topological polar surface area (TPSA) is 69.0 Å².